The van der Waals surface area contributed by atoms with Gasteiger partial charge in [-0.05, 0) is 53.8 Å². The van der Waals surface area contributed by atoms with Crippen LogP contribution in [-0.2, 0) is 43.7 Å². The number of nitrogens with one attached hydrogen (secondary N) is 1. The normalized spacial score (nSPS) is 13.5. The van der Waals surface area contributed by atoms with Crippen LogP contribution in [0.15, 0.2) is 120 Å². The number of nitrogens with two attached hydrogens (primary N) is 1. The fourth-order valence-electron chi connectivity index (χ4n) is 4.71. The molecule has 9 heteroatoms. The van der Waals surface area contributed by atoms with E-state index in [1.165, 1.54) is 0 Å². The molecule has 0 bridgehead atoms. The Morgan fingerprint density at radius 1 is 0.818 bits per heavy atom. The number of carbonyl (C=O) groups is 1. The Kier molecular flexibility index (Phi) is 12.5. The van der Waals surface area contributed by atoms with Gasteiger partial charge >= 0.3 is 5.97 Å². The van der Waals surface area contributed by atoms with Crippen LogP contribution < -0.4 is 15.8 Å². The second-order valence-electron chi connectivity index (χ2n) is 10.5. The molecule has 8 nitrogen and oxygen atoms in total. The number of ether oxygens (including phenoxy) is 3. The zero-order chi connectivity index (χ0) is 31.2. The number of hydrogen-bond donors (Lipinski definition) is 2. The highest BCUT2D eigenvalue weighted by Gasteiger charge is 2.30. The molecule has 0 heterocycles. The molecule has 0 radical (unpaired) electrons. The van der Waals surface area contributed by atoms with Gasteiger partial charge in [-0.3, -0.25) is 0 Å². The van der Waals surface area contributed by atoms with E-state index in [1.54, 1.807) is 37.4 Å². The average Bonchev–Trinajstić information content (AvgIpc) is 3.05. The second-order valence-corrected chi connectivity index (χ2v) is 12.6. The number of sulfone groups is 1. The van der Waals surface area contributed by atoms with Gasteiger partial charge in [0.2, 0.25) is 0 Å². The summed E-state index contributed by atoms with van der Waals surface area (Å²) in [6.07, 6.45) is -1.40. The van der Waals surface area contributed by atoms with Gasteiger partial charge in [-0.15, -0.1) is 0 Å². The first-order valence-corrected chi connectivity index (χ1v) is 16.3. The molecule has 0 aliphatic heterocycles. The lowest BCUT2D eigenvalue weighted by atomic mass is 10.0. The van der Waals surface area contributed by atoms with Crippen LogP contribution in [0.3, 0.4) is 0 Å². The summed E-state index contributed by atoms with van der Waals surface area (Å²) in [5.41, 5.74) is 9.50. The Morgan fingerprint density at radius 2 is 1.43 bits per heavy atom. The van der Waals surface area contributed by atoms with Crippen molar-refractivity contribution in [3.8, 4) is 5.75 Å². The molecule has 4 rings (SSSR count). The van der Waals surface area contributed by atoms with Crippen LogP contribution in [-0.4, -0.2) is 52.0 Å². The van der Waals surface area contributed by atoms with Gasteiger partial charge in [0, 0.05) is 19.1 Å². The van der Waals surface area contributed by atoms with Gasteiger partial charge in [0.1, 0.15) is 11.9 Å². The lowest BCUT2D eigenvalue weighted by molar-refractivity contribution is -0.164. The van der Waals surface area contributed by atoms with E-state index in [2.05, 4.69) is 5.32 Å². The first-order chi connectivity index (χ1) is 21.3. The van der Waals surface area contributed by atoms with Crippen LogP contribution in [0.2, 0.25) is 0 Å². The van der Waals surface area contributed by atoms with Crippen LogP contribution in [0.5, 0.6) is 5.75 Å². The molecule has 0 saturated carbocycles. The molecular formula is C35H40N2O6S. The summed E-state index contributed by atoms with van der Waals surface area (Å²) in [6.45, 7) is 0.915. The van der Waals surface area contributed by atoms with Crippen molar-refractivity contribution < 1.29 is 27.4 Å². The van der Waals surface area contributed by atoms with Crippen molar-refractivity contribution in [2.24, 2.45) is 5.73 Å². The second kappa shape index (κ2) is 16.7. The summed E-state index contributed by atoms with van der Waals surface area (Å²) < 4.78 is 43.4. The van der Waals surface area contributed by atoms with E-state index in [0.29, 0.717) is 13.0 Å². The molecule has 0 aliphatic carbocycles. The third kappa shape index (κ3) is 10.3. The quantitative estimate of drug-likeness (QED) is 0.164. The van der Waals surface area contributed by atoms with Gasteiger partial charge in [-0.2, -0.15) is 0 Å². The predicted octanol–water partition coefficient (Wildman–Crippen LogP) is 4.72. The standard InChI is InChI=1S/C35H40N2O6S/c1-41-30-17-11-16-29(22-30)24-37-25-34(32(36)23-27-12-5-2-6-13-27)43-35(38)33(42-26-28-14-7-3-8-15-28)20-21-44(39,40)31-18-9-4-10-19-31/h2-19,22,32-34,37H,20-21,23-26,36H2,1H3/t32-,33?,34+/m0/s1. The van der Waals surface area contributed by atoms with Crippen LogP contribution in [0.1, 0.15) is 23.1 Å². The van der Waals surface area contributed by atoms with Gasteiger partial charge in [0.25, 0.3) is 0 Å². The van der Waals surface area contributed by atoms with Crippen molar-refractivity contribution >= 4 is 15.8 Å². The summed E-state index contributed by atoms with van der Waals surface area (Å²) in [6, 6.07) is 34.5. The first-order valence-electron chi connectivity index (χ1n) is 14.6. The Balaban J connectivity index is 1.48. The highest BCUT2D eigenvalue weighted by molar-refractivity contribution is 7.91. The molecule has 4 aromatic rings. The van der Waals surface area contributed by atoms with E-state index >= 15 is 0 Å². The summed E-state index contributed by atoms with van der Waals surface area (Å²) in [4.78, 5) is 13.9. The van der Waals surface area contributed by atoms with Crippen molar-refractivity contribution in [1.82, 2.24) is 5.32 Å². The van der Waals surface area contributed by atoms with Gasteiger partial charge in [0.05, 0.1) is 24.4 Å². The lowest BCUT2D eigenvalue weighted by Crippen LogP contribution is -2.47. The fraction of sp³-hybridized carbons (Fsp3) is 0.286. The minimum atomic E-state index is -3.64. The highest BCUT2D eigenvalue weighted by atomic mass is 32.2. The third-order valence-corrected chi connectivity index (χ3v) is 8.94. The van der Waals surface area contributed by atoms with Crippen LogP contribution in [0, 0.1) is 0 Å². The van der Waals surface area contributed by atoms with Crippen molar-refractivity contribution in [3.05, 3.63) is 132 Å². The third-order valence-electron chi connectivity index (χ3n) is 7.18. The van der Waals surface area contributed by atoms with Crippen molar-refractivity contribution in [2.75, 3.05) is 19.4 Å². The molecule has 0 saturated heterocycles. The number of benzene rings is 4. The Hall–Kier alpha value is -4.02. The minimum absolute atomic E-state index is 0.0687. The number of carbonyl (C=O) groups excluding carboxylic acids is 1. The first kappa shape index (κ1) is 32.9. The molecule has 0 spiro atoms. The summed E-state index contributed by atoms with van der Waals surface area (Å²) in [7, 11) is -2.03. The number of hydrogen-bond acceptors (Lipinski definition) is 8. The van der Waals surface area contributed by atoms with Gasteiger partial charge < -0.3 is 25.3 Å². The molecule has 0 aliphatic rings. The monoisotopic (exact) mass is 616 g/mol. The summed E-state index contributed by atoms with van der Waals surface area (Å²) in [5.74, 6) is -0.182. The van der Waals surface area contributed by atoms with Crippen LogP contribution in [0.4, 0.5) is 0 Å². The van der Waals surface area contributed by atoms with E-state index in [-0.39, 0.29) is 30.2 Å². The minimum Gasteiger partial charge on any atom is -0.497 e. The molecule has 232 valence electrons. The maximum Gasteiger partial charge on any atom is 0.335 e. The van der Waals surface area contributed by atoms with E-state index in [4.69, 9.17) is 19.9 Å². The predicted molar refractivity (Wildman–Crippen MR) is 171 cm³/mol. The molecule has 3 atom stereocenters. The van der Waals surface area contributed by atoms with Crippen LogP contribution >= 0.6 is 0 Å². The van der Waals surface area contributed by atoms with Crippen LogP contribution in [0.25, 0.3) is 0 Å². The summed E-state index contributed by atoms with van der Waals surface area (Å²) >= 11 is 0. The van der Waals surface area contributed by atoms with Crippen molar-refractivity contribution in [3.63, 3.8) is 0 Å². The largest absolute Gasteiger partial charge is 0.497 e. The van der Waals surface area contributed by atoms with Gasteiger partial charge in [-0.25, -0.2) is 13.2 Å². The van der Waals surface area contributed by atoms with E-state index in [0.717, 1.165) is 22.4 Å². The molecule has 3 N–H and O–H groups in total. The number of rotatable bonds is 17. The van der Waals surface area contributed by atoms with E-state index < -0.39 is 34.1 Å². The van der Waals surface area contributed by atoms with E-state index in [9.17, 15) is 13.2 Å². The molecule has 1 unspecified atom stereocenters. The Bertz CT molecular complexity index is 1540. The van der Waals surface area contributed by atoms with Gasteiger partial charge in [0.15, 0.2) is 15.9 Å². The molecular weight excluding hydrogens is 576 g/mol. The molecule has 4 aromatic carbocycles. The SMILES string of the molecule is COc1cccc(CNC[C@@H](OC(=O)C(CCS(=O)(=O)c2ccccc2)OCc2ccccc2)[C@@H](N)Cc2ccccc2)c1. The topological polar surface area (TPSA) is 117 Å². The average molecular weight is 617 g/mol. The zero-order valence-electron chi connectivity index (χ0n) is 24.9. The van der Waals surface area contributed by atoms with Crippen molar-refractivity contribution in [2.45, 2.75) is 49.1 Å². The lowest BCUT2D eigenvalue weighted by Gasteiger charge is -2.27. The van der Waals surface area contributed by atoms with Crippen molar-refractivity contribution in [1.29, 1.82) is 0 Å². The maximum atomic E-state index is 13.7. The molecule has 0 amide bonds. The molecule has 0 fully saturated rings. The zero-order valence-corrected chi connectivity index (χ0v) is 25.7. The number of esters is 1. The Morgan fingerprint density at radius 3 is 2.09 bits per heavy atom. The number of methoxy groups -OCH3 is 1. The smallest absolute Gasteiger partial charge is 0.335 e. The highest BCUT2D eigenvalue weighted by Crippen LogP contribution is 2.17. The summed E-state index contributed by atoms with van der Waals surface area (Å²) in [5, 5.41) is 3.35. The van der Waals surface area contributed by atoms with E-state index in [1.807, 2.05) is 84.9 Å². The fourth-order valence-corrected chi connectivity index (χ4v) is 6.04. The molecule has 44 heavy (non-hydrogen) atoms. The van der Waals surface area contributed by atoms with Gasteiger partial charge in [-0.1, -0.05) is 91.0 Å². The Labute approximate surface area is 260 Å². The molecule has 0 aromatic heterocycles. The maximum absolute atomic E-state index is 13.7.